The smallest absolute Gasteiger partial charge is 0.129 e. The summed E-state index contributed by atoms with van der Waals surface area (Å²) < 4.78 is 0. The number of aromatic nitrogens is 1. The Kier molecular flexibility index (Phi) is 4.46. The van der Waals surface area contributed by atoms with E-state index in [9.17, 15) is 0 Å². The molecule has 0 saturated carbocycles. The third-order valence-electron chi connectivity index (χ3n) is 3.40. The Morgan fingerprint density at radius 2 is 2.22 bits per heavy atom. The number of pyridine rings is 1. The Hall–Kier alpha value is -0.800. The molecule has 18 heavy (non-hydrogen) atoms. The highest BCUT2D eigenvalue weighted by atomic mass is 35.5. The van der Waals surface area contributed by atoms with E-state index >= 15 is 0 Å². The lowest BCUT2D eigenvalue weighted by molar-refractivity contribution is 0.371. The minimum absolute atomic E-state index is 0.558. The average molecular weight is 268 g/mol. The van der Waals surface area contributed by atoms with Gasteiger partial charge in [-0.3, -0.25) is 0 Å². The van der Waals surface area contributed by atoms with Crippen LogP contribution in [0.4, 0.5) is 5.82 Å². The Bertz CT molecular complexity index is 406. The first-order valence-corrected chi connectivity index (χ1v) is 7.08. The zero-order valence-electron chi connectivity index (χ0n) is 11.5. The predicted molar refractivity (Wildman–Crippen MR) is 77.5 cm³/mol. The number of alkyl halides is 1. The Labute approximate surface area is 115 Å². The SMILES string of the molecule is Cc1cc(CCl)cc(N2CCCC2CN(C)C)n1. The molecule has 1 aliphatic heterocycles. The van der Waals surface area contributed by atoms with Crippen LogP contribution in [0.2, 0.25) is 0 Å². The van der Waals surface area contributed by atoms with E-state index < -0.39 is 0 Å². The summed E-state index contributed by atoms with van der Waals surface area (Å²) in [6, 6.07) is 4.78. The van der Waals surface area contributed by atoms with Crippen LogP contribution in [0.5, 0.6) is 0 Å². The summed E-state index contributed by atoms with van der Waals surface area (Å²) in [4.78, 5) is 9.35. The van der Waals surface area contributed by atoms with Crippen LogP contribution < -0.4 is 4.90 Å². The van der Waals surface area contributed by atoms with Crippen molar-refractivity contribution in [3.8, 4) is 0 Å². The van der Waals surface area contributed by atoms with Crippen LogP contribution in [-0.2, 0) is 5.88 Å². The second-order valence-electron chi connectivity index (χ2n) is 5.36. The Balaban J connectivity index is 2.21. The second-order valence-corrected chi connectivity index (χ2v) is 5.63. The summed E-state index contributed by atoms with van der Waals surface area (Å²) in [6.45, 7) is 4.24. The number of hydrogen-bond donors (Lipinski definition) is 0. The van der Waals surface area contributed by atoms with Crippen LogP contribution in [-0.4, -0.2) is 43.1 Å². The molecule has 1 fully saturated rings. The number of anilines is 1. The predicted octanol–water partition coefficient (Wildman–Crippen LogP) is 2.66. The van der Waals surface area contributed by atoms with Crippen molar-refractivity contribution in [2.75, 3.05) is 32.1 Å². The minimum atomic E-state index is 0.558. The molecule has 1 atom stereocenters. The molecule has 0 N–H and O–H groups in total. The van der Waals surface area contributed by atoms with Crippen molar-refractivity contribution < 1.29 is 0 Å². The first-order chi connectivity index (χ1) is 8.60. The molecular weight excluding hydrogens is 246 g/mol. The van der Waals surface area contributed by atoms with E-state index in [4.69, 9.17) is 11.6 Å². The standard InChI is InChI=1S/C14H22ClN3/c1-11-7-12(9-15)8-14(16-11)18-6-4-5-13(18)10-17(2)3/h7-8,13H,4-6,9-10H2,1-3H3. The molecule has 1 aliphatic rings. The maximum Gasteiger partial charge on any atom is 0.129 e. The summed E-state index contributed by atoms with van der Waals surface area (Å²) in [6.07, 6.45) is 2.51. The number of likely N-dealkylation sites (N-methyl/N-ethyl adjacent to an activating group) is 1. The van der Waals surface area contributed by atoms with Crippen molar-refractivity contribution in [1.29, 1.82) is 0 Å². The molecule has 1 aromatic heterocycles. The summed E-state index contributed by atoms with van der Waals surface area (Å²) in [5, 5.41) is 0. The van der Waals surface area contributed by atoms with Gasteiger partial charge in [-0.15, -0.1) is 11.6 Å². The lowest BCUT2D eigenvalue weighted by atomic mass is 10.2. The molecular formula is C14H22ClN3. The van der Waals surface area contributed by atoms with Crippen LogP contribution in [0.25, 0.3) is 0 Å². The average Bonchev–Trinajstić information content (AvgIpc) is 2.75. The van der Waals surface area contributed by atoms with Gasteiger partial charge in [0.05, 0.1) is 0 Å². The van der Waals surface area contributed by atoms with Crippen molar-refractivity contribution >= 4 is 17.4 Å². The van der Waals surface area contributed by atoms with Gasteiger partial charge < -0.3 is 9.80 Å². The molecule has 0 bridgehead atoms. The molecule has 4 heteroatoms. The van der Waals surface area contributed by atoms with Gasteiger partial charge in [0.25, 0.3) is 0 Å². The fourth-order valence-electron chi connectivity index (χ4n) is 2.69. The molecule has 0 aromatic carbocycles. The van der Waals surface area contributed by atoms with Gasteiger partial charge in [0, 0.05) is 30.7 Å². The lowest BCUT2D eigenvalue weighted by Gasteiger charge is -2.28. The number of hydrogen-bond acceptors (Lipinski definition) is 3. The molecule has 1 aromatic rings. The van der Waals surface area contributed by atoms with Crippen LogP contribution in [0.15, 0.2) is 12.1 Å². The van der Waals surface area contributed by atoms with Crippen molar-refractivity contribution in [1.82, 2.24) is 9.88 Å². The largest absolute Gasteiger partial charge is 0.352 e. The van der Waals surface area contributed by atoms with E-state index in [0.29, 0.717) is 11.9 Å². The molecule has 0 amide bonds. The molecule has 0 spiro atoms. The monoisotopic (exact) mass is 267 g/mol. The van der Waals surface area contributed by atoms with E-state index in [1.807, 2.05) is 6.92 Å². The molecule has 2 heterocycles. The third kappa shape index (κ3) is 3.15. The van der Waals surface area contributed by atoms with Crippen molar-refractivity contribution in [2.45, 2.75) is 31.7 Å². The summed E-state index contributed by atoms with van der Waals surface area (Å²) in [5.41, 5.74) is 2.22. The molecule has 1 unspecified atom stereocenters. The first kappa shape index (κ1) is 13.6. The van der Waals surface area contributed by atoms with Crippen molar-refractivity contribution in [2.24, 2.45) is 0 Å². The topological polar surface area (TPSA) is 19.4 Å². The van der Waals surface area contributed by atoms with Crippen LogP contribution >= 0.6 is 11.6 Å². The molecule has 3 nitrogen and oxygen atoms in total. The summed E-state index contributed by atoms with van der Waals surface area (Å²) in [7, 11) is 4.26. The number of halogens is 1. The highest BCUT2D eigenvalue weighted by Gasteiger charge is 2.26. The molecule has 2 rings (SSSR count). The fourth-order valence-corrected chi connectivity index (χ4v) is 2.85. The van der Waals surface area contributed by atoms with E-state index in [0.717, 1.165) is 30.2 Å². The zero-order valence-corrected chi connectivity index (χ0v) is 12.2. The normalized spacial score (nSPS) is 19.8. The van der Waals surface area contributed by atoms with Gasteiger partial charge in [0.2, 0.25) is 0 Å². The van der Waals surface area contributed by atoms with Gasteiger partial charge in [0.15, 0.2) is 0 Å². The van der Waals surface area contributed by atoms with Crippen LogP contribution in [0, 0.1) is 6.92 Å². The van der Waals surface area contributed by atoms with Gasteiger partial charge in [-0.25, -0.2) is 4.98 Å². The summed E-state index contributed by atoms with van der Waals surface area (Å²) in [5.74, 6) is 1.65. The zero-order chi connectivity index (χ0) is 13.1. The third-order valence-corrected chi connectivity index (χ3v) is 3.71. The Morgan fingerprint density at radius 1 is 1.44 bits per heavy atom. The van der Waals surface area contributed by atoms with Gasteiger partial charge in [-0.2, -0.15) is 0 Å². The maximum absolute atomic E-state index is 5.94. The summed E-state index contributed by atoms with van der Waals surface area (Å²) >= 11 is 5.94. The van der Waals surface area contributed by atoms with Crippen LogP contribution in [0.3, 0.4) is 0 Å². The maximum atomic E-state index is 5.94. The van der Waals surface area contributed by atoms with E-state index in [-0.39, 0.29) is 0 Å². The molecule has 0 aliphatic carbocycles. The van der Waals surface area contributed by atoms with Crippen molar-refractivity contribution in [3.63, 3.8) is 0 Å². The molecule has 1 saturated heterocycles. The molecule has 0 radical (unpaired) electrons. The Morgan fingerprint density at radius 3 is 2.89 bits per heavy atom. The first-order valence-electron chi connectivity index (χ1n) is 6.55. The van der Waals surface area contributed by atoms with Gasteiger partial charge in [-0.1, -0.05) is 0 Å². The lowest BCUT2D eigenvalue weighted by Crippen LogP contribution is -2.38. The van der Waals surface area contributed by atoms with E-state index in [1.54, 1.807) is 0 Å². The minimum Gasteiger partial charge on any atom is -0.352 e. The highest BCUT2D eigenvalue weighted by molar-refractivity contribution is 6.17. The second kappa shape index (κ2) is 5.89. The molecule has 100 valence electrons. The van der Waals surface area contributed by atoms with Gasteiger partial charge in [0.1, 0.15) is 5.82 Å². The van der Waals surface area contributed by atoms with Crippen LogP contribution in [0.1, 0.15) is 24.1 Å². The van der Waals surface area contributed by atoms with Gasteiger partial charge >= 0.3 is 0 Å². The number of rotatable bonds is 4. The quantitative estimate of drug-likeness (QED) is 0.782. The van der Waals surface area contributed by atoms with Crippen molar-refractivity contribution in [3.05, 3.63) is 23.4 Å². The van der Waals surface area contributed by atoms with Gasteiger partial charge in [-0.05, 0) is 51.6 Å². The number of nitrogens with zero attached hydrogens (tertiary/aromatic N) is 3. The highest BCUT2D eigenvalue weighted by Crippen LogP contribution is 2.25. The van der Waals surface area contributed by atoms with E-state index in [1.165, 1.54) is 12.8 Å². The van der Waals surface area contributed by atoms with E-state index in [2.05, 4.69) is 41.0 Å². The number of aryl methyl sites for hydroxylation is 1. The fraction of sp³-hybridized carbons (Fsp3) is 0.643.